The fourth-order valence-corrected chi connectivity index (χ4v) is 1.80. The van der Waals surface area contributed by atoms with Crippen LogP contribution in [0.1, 0.15) is 46.1 Å². The number of nitrogens with zero attached hydrogens (tertiary/aromatic N) is 1. The van der Waals surface area contributed by atoms with Crippen LogP contribution >= 0.6 is 0 Å². The Hall–Kier alpha value is -0.790. The highest BCUT2D eigenvalue weighted by atomic mass is 15.1. The molecule has 0 radical (unpaired) electrons. The van der Waals surface area contributed by atoms with Crippen LogP contribution < -0.4 is 4.57 Å². The van der Waals surface area contributed by atoms with E-state index in [1.165, 1.54) is 19.3 Å². The summed E-state index contributed by atoms with van der Waals surface area (Å²) in [4.78, 5) is 3.11. The Morgan fingerprint density at radius 1 is 1.38 bits per heavy atom. The molecule has 13 heavy (non-hydrogen) atoms. The molecule has 0 aliphatic carbocycles. The van der Waals surface area contributed by atoms with Gasteiger partial charge in [0, 0.05) is 0 Å². The molecule has 1 heterocycles. The van der Waals surface area contributed by atoms with Gasteiger partial charge in [0.25, 0.3) is 0 Å². The van der Waals surface area contributed by atoms with Crippen molar-refractivity contribution in [2.24, 2.45) is 5.92 Å². The topological polar surface area (TPSA) is 19.7 Å². The van der Waals surface area contributed by atoms with Crippen LogP contribution in [0.2, 0.25) is 0 Å². The van der Waals surface area contributed by atoms with E-state index >= 15 is 0 Å². The molecule has 1 N–H and O–H groups in total. The summed E-state index contributed by atoms with van der Waals surface area (Å²) in [6, 6.07) is 0.668. The zero-order valence-electron chi connectivity index (χ0n) is 8.96. The van der Waals surface area contributed by atoms with E-state index in [4.69, 9.17) is 0 Å². The fourth-order valence-electron chi connectivity index (χ4n) is 1.80. The summed E-state index contributed by atoms with van der Waals surface area (Å²) in [5.74, 6) is 0.765. The third kappa shape index (κ3) is 2.58. The maximum Gasteiger partial charge on any atom is 0.241 e. The van der Waals surface area contributed by atoms with Gasteiger partial charge in [-0.3, -0.25) is 4.98 Å². The molecule has 1 aromatic heterocycles. The lowest BCUT2D eigenvalue weighted by Gasteiger charge is -2.18. The van der Waals surface area contributed by atoms with Crippen LogP contribution in [-0.2, 0) is 0 Å². The van der Waals surface area contributed by atoms with E-state index in [2.05, 4.69) is 42.8 Å². The lowest BCUT2D eigenvalue weighted by atomic mass is 9.95. The molecule has 0 aliphatic heterocycles. The van der Waals surface area contributed by atoms with E-state index in [1.54, 1.807) is 0 Å². The molecule has 2 heteroatoms. The first kappa shape index (κ1) is 10.3. The minimum absolute atomic E-state index is 0.668. The van der Waals surface area contributed by atoms with Gasteiger partial charge in [-0.1, -0.05) is 27.2 Å². The highest BCUT2D eigenvalue weighted by molar-refractivity contribution is 4.63. The zero-order valence-corrected chi connectivity index (χ0v) is 8.96. The molecule has 2 unspecified atom stereocenters. The zero-order chi connectivity index (χ0) is 9.68. The summed E-state index contributed by atoms with van der Waals surface area (Å²) >= 11 is 0. The number of imidazole rings is 1. The first-order valence-electron chi connectivity index (χ1n) is 5.33. The van der Waals surface area contributed by atoms with Gasteiger partial charge < -0.3 is 0 Å². The monoisotopic (exact) mass is 181 g/mol. The Bertz CT molecular complexity index is 216. The maximum atomic E-state index is 3.11. The Kier molecular flexibility index (Phi) is 4.00. The van der Waals surface area contributed by atoms with E-state index in [0.29, 0.717) is 6.04 Å². The van der Waals surface area contributed by atoms with E-state index in [0.717, 1.165) is 5.92 Å². The van der Waals surface area contributed by atoms with Crippen LogP contribution in [0, 0.1) is 5.92 Å². The summed E-state index contributed by atoms with van der Waals surface area (Å²) in [6.07, 6.45) is 9.97. The van der Waals surface area contributed by atoms with Crippen molar-refractivity contribution in [3.63, 3.8) is 0 Å². The van der Waals surface area contributed by atoms with Gasteiger partial charge in [0.05, 0.1) is 0 Å². The van der Waals surface area contributed by atoms with Gasteiger partial charge >= 0.3 is 0 Å². The molecular weight excluding hydrogens is 160 g/mol. The third-order valence-electron chi connectivity index (χ3n) is 2.83. The third-order valence-corrected chi connectivity index (χ3v) is 2.83. The number of hydrogen-bond acceptors (Lipinski definition) is 0. The predicted molar refractivity (Wildman–Crippen MR) is 54.4 cm³/mol. The summed E-state index contributed by atoms with van der Waals surface area (Å²) in [6.45, 7) is 6.85. The lowest BCUT2D eigenvalue weighted by Crippen LogP contribution is -2.40. The minimum atomic E-state index is 0.668. The Morgan fingerprint density at radius 2 is 2.15 bits per heavy atom. The Morgan fingerprint density at radius 3 is 2.62 bits per heavy atom. The summed E-state index contributed by atoms with van der Waals surface area (Å²) in [7, 11) is 0. The van der Waals surface area contributed by atoms with Gasteiger partial charge in [-0.15, -0.1) is 0 Å². The van der Waals surface area contributed by atoms with Crippen molar-refractivity contribution in [1.82, 2.24) is 4.98 Å². The SMILES string of the molecule is CCCC(C(C)CC)[n+]1cc[nH]c1. The molecule has 0 bridgehead atoms. The van der Waals surface area contributed by atoms with E-state index in [1.807, 2.05) is 6.20 Å². The van der Waals surface area contributed by atoms with Crippen molar-refractivity contribution in [3.05, 3.63) is 18.7 Å². The molecule has 0 amide bonds. The van der Waals surface area contributed by atoms with E-state index in [9.17, 15) is 0 Å². The van der Waals surface area contributed by atoms with Crippen LogP contribution in [0.4, 0.5) is 0 Å². The van der Waals surface area contributed by atoms with E-state index in [-0.39, 0.29) is 0 Å². The number of rotatable bonds is 5. The minimum Gasteiger partial charge on any atom is -0.250 e. The number of aromatic nitrogens is 2. The van der Waals surface area contributed by atoms with Crippen LogP contribution in [0.5, 0.6) is 0 Å². The molecule has 0 saturated heterocycles. The van der Waals surface area contributed by atoms with Crippen LogP contribution in [0.3, 0.4) is 0 Å². The average Bonchev–Trinajstić information content (AvgIpc) is 2.65. The molecule has 0 saturated carbocycles. The first-order valence-corrected chi connectivity index (χ1v) is 5.33. The van der Waals surface area contributed by atoms with Gasteiger partial charge in [0.15, 0.2) is 0 Å². The van der Waals surface area contributed by atoms with Crippen molar-refractivity contribution in [2.75, 3.05) is 0 Å². The summed E-state index contributed by atoms with van der Waals surface area (Å²) < 4.78 is 2.30. The second-order valence-electron chi connectivity index (χ2n) is 3.80. The van der Waals surface area contributed by atoms with Crippen LogP contribution in [-0.4, -0.2) is 4.98 Å². The highest BCUT2D eigenvalue weighted by Crippen LogP contribution is 2.19. The standard InChI is InChI=1S/C11H20N2/c1-4-6-11(10(3)5-2)13-8-7-12-9-13/h7-11H,4-6H2,1-3H3/p+1. The molecule has 1 rings (SSSR count). The van der Waals surface area contributed by atoms with Gasteiger partial charge in [-0.2, -0.15) is 0 Å². The van der Waals surface area contributed by atoms with Crippen molar-refractivity contribution < 1.29 is 4.57 Å². The number of nitrogens with one attached hydrogen (secondary N) is 1. The number of hydrogen-bond donors (Lipinski definition) is 1. The van der Waals surface area contributed by atoms with Gasteiger partial charge in [-0.25, -0.2) is 4.57 Å². The normalized spacial score (nSPS) is 15.6. The Labute approximate surface area is 81.0 Å². The molecule has 74 valence electrons. The van der Waals surface area contributed by atoms with Crippen molar-refractivity contribution >= 4 is 0 Å². The molecule has 0 aliphatic rings. The molecular formula is C11H21N2+. The summed E-state index contributed by atoms with van der Waals surface area (Å²) in [5, 5.41) is 0. The van der Waals surface area contributed by atoms with Gasteiger partial charge in [-0.05, 0) is 18.8 Å². The number of aromatic amines is 1. The van der Waals surface area contributed by atoms with Gasteiger partial charge in [0.2, 0.25) is 6.33 Å². The predicted octanol–water partition coefficient (Wildman–Crippen LogP) is 2.69. The molecule has 0 aromatic carbocycles. The maximum absolute atomic E-state index is 3.11. The molecule has 0 spiro atoms. The average molecular weight is 181 g/mol. The van der Waals surface area contributed by atoms with Crippen molar-refractivity contribution in [2.45, 2.75) is 46.1 Å². The van der Waals surface area contributed by atoms with Gasteiger partial charge in [0.1, 0.15) is 18.4 Å². The van der Waals surface area contributed by atoms with Crippen LogP contribution in [0.25, 0.3) is 0 Å². The second-order valence-corrected chi connectivity index (χ2v) is 3.80. The van der Waals surface area contributed by atoms with Crippen molar-refractivity contribution in [3.8, 4) is 0 Å². The fraction of sp³-hybridized carbons (Fsp3) is 0.727. The Balaban J connectivity index is 2.68. The van der Waals surface area contributed by atoms with Crippen molar-refractivity contribution in [1.29, 1.82) is 0 Å². The lowest BCUT2D eigenvalue weighted by molar-refractivity contribution is -0.729. The van der Waals surface area contributed by atoms with E-state index < -0.39 is 0 Å². The summed E-state index contributed by atoms with van der Waals surface area (Å²) in [5.41, 5.74) is 0. The first-order chi connectivity index (χ1) is 6.29. The van der Waals surface area contributed by atoms with Crippen LogP contribution in [0.15, 0.2) is 18.7 Å². The molecule has 0 fully saturated rings. The molecule has 2 atom stereocenters. The molecule has 1 aromatic rings. The number of H-pyrrole nitrogens is 1. The molecule has 2 nitrogen and oxygen atoms in total. The quantitative estimate of drug-likeness (QED) is 0.674. The smallest absolute Gasteiger partial charge is 0.241 e. The highest BCUT2D eigenvalue weighted by Gasteiger charge is 2.20. The largest absolute Gasteiger partial charge is 0.250 e. The second kappa shape index (κ2) is 5.05.